The molecule has 3 aromatic rings. The summed E-state index contributed by atoms with van der Waals surface area (Å²) in [4.78, 5) is 6.80. The van der Waals surface area contributed by atoms with Gasteiger partial charge in [-0.15, -0.1) is 11.3 Å². The highest BCUT2D eigenvalue weighted by atomic mass is 32.1. The second-order valence-electron chi connectivity index (χ2n) is 7.17. The van der Waals surface area contributed by atoms with E-state index in [2.05, 4.69) is 54.4 Å². The lowest BCUT2D eigenvalue weighted by Crippen LogP contribution is -2.33. The minimum Gasteiger partial charge on any atom is -0.361 e. The number of benzene rings is 1. The molecule has 4 nitrogen and oxygen atoms in total. The van der Waals surface area contributed by atoms with Crippen LogP contribution in [0, 0.1) is 5.41 Å². The molecule has 4 rings (SSSR count). The normalized spacial score (nSPS) is 17.3. The van der Waals surface area contributed by atoms with Crippen LogP contribution < -0.4 is 5.32 Å². The Morgan fingerprint density at radius 1 is 1.41 bits per heavy atom. The molecule has 0 amide bonds. The maximum Gasteiger partial charge on any atom is 0.185 e. The van der Waals surface area contributed by atoms with Crippen LogP contribution in [0.15, 0.2) is 48.0 Å². The number of H-pyrrole nitrogens is 1. The Morgan fingerprint density at radius 2 is 2.30 bits per heavy atom. The number of aromatic amines is 1. The molecule has 0 saturated carbocycles. The van der Waals surface area contributed by atoms with Gasteiger partial charge in [-0.05, 0) is 61.0 Å². The zero-order valence-electron chi connectivity index (χ0n) is 15.9. The van der Waals surface area contributed by atoms with Crippen LogP contribution in [0.5, 0.6) is 0 Å². The van der Waals surface area contributed by atoms with Crippen LogP contribution in [0.25, 0.3) is 16.5 Å². The summed E-state index contributed by atoms with van der Waals surface area (Å²) in [7, 11) is 2.22. The summed E-state index contributed by atoms with van der Waals surface area (Å²) in [6, 6.07) is 10.9. The maximum atomic E-state index is 8.26. The zero-order valence-corrected chi connectivity index (χ0v) is 16.7. The average molecular weight is 376 g/mol. The summed E-state index contributed by atoms with van der Waals surface area (Å²) in [6.07, 6.45) is 7.99. The molecule has 2 aromatic heterocycles. The third-order valence-electron chi connectivity index (χ3n) is 5.57. The van der Waals surface area contributed by atoms with Crippen molar-refractivity contribution in [3.63, 3.8) is 0 Å². The molecule has 0 saturated heterocycles. The number of rotatable bonds is 5. The van der Waals surface area contributed by atoms with Gasteiger partial charge in [0.1, 0.15) is 5.84 Å². The van der Waals surface area contributed by atoms with E-state index >= 15 is 0 Å². The highest BCUT2D eigenvalue weighted by Gasteiger charge is 2.19. The first-order valence-electron chi connectivity index (χ1n) is 9.56. The predicted molar refractivity (Wildman–Crippen MR) is 120 cm³/mol. The standard InChI is InChI=1S/C21H25BN4S/c1-2-26(22)16-8-5-14(6-9-16)18-13-24-19-10-7-15(12-17(18)19)25-21(23)20-4-3-11-27-20/h3-5,7,10-13,16,24H,2,6,8-9,22H2,1H3,(H2,23,25). The third-order valence-corrected chi connectivity index (χ3v) is 6.46. The lowest BCUT2D eigenvalue weighted by molar-refractivity contribution is 0.331. The van der Waals surface area contributed by atoms with Crippen LogP contribution in [-0.2, 0) is 0 Å². The van der Waals surface area contributed by atoms with Gasteiger partial charge in [0.15, 0.2) is 7.98 Å². The van der Waals surface area contributed by atoms with Gasteiger partial charge < -0.3 is 15.1 Å². The molecule has 27 heavy (non-hydrogen) atoms. The molecule has 6 heteroatoms. The van der Waals surface area contributed by atoms with Crippen molar-refractivity contribution in [2.45, 2.75) is 32.2 Å². The van der Waals surface area contributed by atoms with E-state index in [0.29, 0.717) is 11.9 Å². The van der Waals surface area contributed by atoms with Gasteiger partial charge in [0.05, 0.1) is 4.88 Å². The summed E-state index contributed by atoms with van der Waals surface area (Å²) in [6.45, 7) is 3.33. The Bertz CT molecular complexity index is 973. The van der Waals surface area contributed by atoms with Crippen LogP contribution in [0.4, 0.5) is 5.69 Å². The van der Waals surface area contributed by atoms with Crippen molar-refractivity contribution in [3.8, 4) is 0 Å². The van der Waals surface area contributed by atoms with Crippen LogP contribution in [0.1, 0.15) is 36.6 Å². The Hall–Kier alpha value is -2.31. The number of hydrogen-bond acceptors (Lipinski definition) is 3. The molecule has 0 bridgehead atoms. The monoisotopic (exact) mass is 376 g/mol. The van der Waals surface area contributed by atoms with E-state index in [0.717, 1.165) is 35.5 Å². The lowest BCUT2D eigenvalue weighted by Gasteiger charge is -2.30. The molecule has 2 heterocycles. The number of anilines is 1. The molecule has 138 valence electrons. The number of amidine groups is 1. The molecule has 0 spiro atoms. The summed E-state index contributed by atoms with van der Waals surface area (Å²) in [5.74, 6) is 0.448. The Labute approximate surface area is 165 Å². The Balaban J connectivity index is 1.58. The molecule has 0 aliphatic heterocycles. The number of fused-ring (bicyclic) bond motifs is 1. The van der Waals surface area contributed by atoms with Gasteiger partial charge in [-0.3, -0.25) is 5.41 Å². The first-order valence-corrected chi connectivity index (χ1v) is 10.4. The van der Waals surface area contributed by atoms with Crippen molar-refractivity contribution in [3.05, 3.63) is 58.4 Å². The first-order chi connectivity index (χ1) is 13.2. The number of hydrogen-bond donors (Lipinski definition) is 3. The fourth-order valence-corrected chi connectivity index (χ4v) is 4.44. The van der Waals surface area contributed by atoms with Gasteiger partial charge in [-0.25, -0.2) is 0 Å². The largest absolute Gasteiger partial charge is 0.361 e. The van der Waals surface area contributed by atoms with Crippen molar-refractivity contribution in [2.75, 3.05) is 11.9 Å². The van der Waals surface area contributed by atoms with E-state index < -0.39 is 0 Å². The van der Waals surface area contributed by atoms with Crippen molar-refractivity contribution >= 4 is 47.3 Å². The van der Waals surface area contributed by atoms with Crippen LogP contribution in [-0.4, -0.2) is 36.2 Å². The maximum absolute atomic E-state index is 8.26. The fourth-order valence-electron chi connectivity index (χ4n) is 3.81. The summed E-state index contributed by atoms with van der Waals surface area (Å²) in [5, 5.41) is 14.7. The number of thiophene rings is 1. The molecule has 1 aliphatic carbocycles. The third kappa shape index (κ3) is 3.73. The molecule has 3 N–H and O–H groups in total. The van der Waals surface area contributed by atoms with Gasteiger partial charge in [0, 0.05) is 34.4 Å². The summed E-state index contributed by atoms with van der Waals surface area (Å²) < 4.78 is 0. The van der Waals surface area contributed by atoms with Gasteiger partial charge in [0.2, 0.25) is 0 Å². The van der Waals surface area contributed by atoms with E-state index in [1.807, 2.05) is 23.6 Å². The van der Waals surface area contributed by atoms with Crippen LogP contribution in [0.3, 0.4) is 0 Å². The van der Waals surface area contributed by atoms with Crippen LogP contribution >= 0.6 is 11.3 Å². The topological polar surface area (TPSA) is 54.9 Å². The van der Waals surface area contributed by atoms with E-state index in [9.17, 15) is 0 Å². The van der Waals surface area contributed by atoms with E-state index in [1.54, 1.807) is 11.3 Å². The highest BCUT2D eigenvalue weighted by Crippen LogP contribution is 2.34. The molecular weight excluding hydrogens is 351 g/mol. The number of allylic oxidation sites excluding steroid dienone is 1. The van der Waals surface area contributed by atoms with Crippen molar-refractivity contribution < 1.29 is 0 Å². The molecule has 1 aromatic carbocycles. The Kier molecular flexibility index (Phi) is 5.19. The molecule has 0 fully saturated rings. The lowest BCUT2D eigenvalue weighted by atomic mass is 9.88. The second-order valence-corrected chi connectivity index (χ2v) is 8.12. The van der Waals surface area contributed by atoms with E-state index in [-0.39, 0.29) is 0 Å². The smallest absolute Gasteiger partial charge is 0.185 e. The zero-order chi connectivity index (χ0) is 18.8. The summed E-state index contributed by atoms with van der Waals surface area (Å²) in [5.41, 5.74) is 4.84. The summed E-state index contributed by atoms with van der Waals surface area (Å²) >= 11 is 1.58. The molecule has 0 radical (unpaired) electrons. The average Bonchev–Trinajstić information content (AvgIpc) is 3.37. The predicted octanol–water partition coefficient (Wildman–Crippen LogP) is 4.47. The molecular formula is C21H25BN4S. The number of aromatic nitrogens is 1. The number of nitrogens with one attached hydrogen (secondary N) is 3. The van der Waals surface area contributed by atoms with Crippen LogP contribution in [0.2, 0.25) is 0 Å². The van der Waals surface area contributed by atoms with Crippen molar-refractivity contribution in [1.82, 2.24) is 9.79 Å². The SMILES string of the molecule is BN(CC)C1CC=C(c2c[nH]c3ccc(NC(=N)c4cccs4)cc23)CC1. The van der Waals surface area contributed by atoms with Gasteiger partial charge in [-0.2, -0.15) is 0 Å². The van der Waals surface area contributed by atoms with E-state index in [1.165, 1.54) is 22.9 Å². The van der Waals surface area contributed by atoms with Gasteiger partial charge in [-0.1, -0.05) is 19.1 Å². The fraction of sp³-hybridized carbons (Fsp3) is 0.286. The minimum atomic E-state index is 0.448. The quantitative estimate of drug-likeness (QED) is 0.350. The first kappa shape index (κ1) is 18.1. The highest BCUT2D eigenvalue weighted by molar-refractivity contribution is 7.12. The van der Waals surface area contributed by atoms with Gasteiger partial charge >= 0.3 is 0 Å². The second kappa shape index (κ2) is 7.75. The van der Waals surface area contributed by atoms with Crippen molar-refractivity contribution in [1.29, 1.82) is 5.41 Å². The van der Waals surface area contributed by atoms with E-state index in [4.69, 9.17) is 5.41 Å². The minimum absolute atomic E-state index is 0.448. The van der Waals surface area contributed by atoms with Crippen molar-refractivity contribution in [2.24, 2.45) is 0 Å². The molecule has 1 unspecified atom stereocenters. The molecule has 1 aliphatic rings. The Morgan fingerprint density at radius 3 is 3.00 bits per heavy atom. The number of nitrogens with zero attached hydrogens (tertiary/aromatic N) is 1. The van der Waals surface area contributed by atoms with Gasteiger partial charge in [0.25, 0.3) is 0 Å². The molecule has 1 atom stereocenters.